The maximum Gasteiger partial charge on any atom is 0.257 e. The Labute approximate surface area is 175 Å². The number of carbonyl (C=O) groups excluding carboxylic acids is 1. The summed E-state index contributed by atoms with van der Waals surface area (Å²) in [6, 6.07) is 13.8. The number of aromatic nitrogens is 1. The van der Waals surface area contributed by atoms with Crippen molar-refractivity contribution in [2.45, 2.75) is 31.7 Å². The molecule has 0 spiro atoms. The van der Waals surface area contributed by atoms with E-state index in [1.54, 1.807) is 13.8 Å². The van der Waals surface area contributed by atoms with E-state index >= 15 is 0 Å². The van der Waals surface area contributed by atoms with Gasteiger partial charge in [0, 0.05) is 29.6 Å². The SMILES string of the molecule is Cc1ccc(-c2csc(NC(=O)c3ccc(S(=O)(=O)N(C)C(C)C)cc3)n2)cc1. The van der Waals surface area contributed by atoms with Crippen molar-refractivity contribution in [3.8, 4) is 11.3 Å². The first-order valence-corrected chi connectivity index (χ1v) is 11.4. The summed E-state index contributed by atoms with van der Waals surface area (Å²) in [5.41, 5.74) is 3.31. The van der Waals surface area contributed by atoms with Crippen molar-refractivity contribution < 1.29 is 13.2 Å². The lowest BCUT2D eigenvalue weighted by Gasteiger charge is -2.20. The van der Waals surface area contributed by atoms with E-state index in [-0.39, 0.29) is 16.8 Å². The highest BCUT2D eigenvalue weighted by molar-refractivity contribution is 7.89. The van der Waals surface area contributed by atoms with Crippen LogP contribution in [-0.4, -0.2) is 36.7 Å². The van der Waals surface area contributed by atoms with Crippen molar-refractivity contribution in [2.75, 3.05) is 12.4 Å². The minimum Gasteiger partial charge on any atom is -0.298 e. The number of rotatable bonds is 6. The Morgan fingerprint density at radius 1 is 1.07 bits per heavy atom. The van der Waals surface area contributed by atoms with Crippen LogP contribution in [0.5, 0.6) is 0 Å². The maximum absolute atomic E-state index is 12.5. The van der Waals surface area contributed by atoms with Gasteiger partial charge in [-0.25, -0.2) is 13.4 Å². The third-order valence-electron chi connectivity index (χ3n) is 4.59. The fourth-order valence-corrected chi connectivity index (χ4v) is 4.66. The molecule has 8 heteroatoms. The molecule has 0 unspecified atom stereocenters. The first-order valence-electron chi connectivity index (χ1n) is 9.10. The number of benzene rings is 2. The summed E-state index contributed by atoms with van der Waals surface area (Å²) in [6.45, 7) is 5.63. The van der Waals surface area contributed by atoms with Crippen molar-refractivity contribution in [1.82, 2.24) is 9.29 Å². The van der Waals surface area contributed by atoms with Gasteiger partial charge in [0.15, 0.2) is 5.13 Å². The lowest BCUT2D eigenvalue weighted by Crippen LogP contribution is -2.33. The molecule has 3 aromatic rings. The van der Waals surface area contributed by atoms with Crippen molar-refractivity contribution in [1.29, 1.82) is 0 Å². The molecule has 2 aromatic carbocycles. The van der Waals surface area contributed by atoms with Crippen LogP contribution in [0, 0.1) is 6.92 Å². The highest BCUT2D eigenvalue weighted by Crippen LogP contribution is 2.25. The quantitative estimate of drug-likeness (QED) is 0.630. The van der Waals surface area contributed by atoms with Crippen LogP contribution in [0.2, 0.25) is 0 Å². The summed E-state index contributed by atoms with van der Waals surface area (Å²) in [4.78, 5) is 17.1. The molecule has 0 saturated heterocycles. The lowest BCUT2D eigenvalue weighted by atomic mass is 10.1. The number of nitrogens with zero attached hydrogens (tertiary/aromatic N) is 2. The highest BCUT2D eigenvalue weighted by Gasteiger charge is 2.23. The van der Waals surface area contributed by atoms with Crippen LogP contribution in [0.15, 0.2) is 58.8 Å². The third kappa shape index (κ3) is 4.72. The summed E-state index contributed by atoms with van der Waals surface area (Å²) < 4.78 is 26.3. The van der Waals surface area contributed by atoms with Gasteiger partial charge in [-0.05, 0) is 45.0 Å². The Kier molecular flexibility index (Phi) is 6.16. The molecular weight excluding hydrogens is 406 g/mol. The molecule has 1 heterocycles. The Morgan fingerprint density at radius 2 is 1.69 bits per heavy atom. The van der Waals surface area contributed by atoms with Gasteiger partial charge in [0.2, 0.25) is 10.0 Å². The van der Waals surface area contributed by atoms with E-state index in [1.165, 1.54) is 52.5 Å². The van der Waals surface area contributed by atoms with E-state index in [4.69, 9.17) is 0 Å². The number of aryl methyl sites for hydroxylation is 1. The largest absolute Gasteiger partial charge is 0.298 e. The van der Waals surface area contributed by atoms with E-state index in [2.05, 4.69) is 10.3 Å². The standard InChI is InChI=1S/C21H23N3O3S2/c1-14(2)24(4)29(26,27)18-11-9-17(10-12-18)20(25)23-21-22-19(13-28-21)16-7-5-15(3)6-8-16/h5-14H,1-4H3,(H,22,23,25). The van der Waals surface area contributed by atoms with Crippen LogP contribution in [0.25, 0.3) is 11.3 Å². The van der Waals surface area contributed by atoms with E-state index < -0.39 is 10.0 Å². The molecule has 0 fully saturated rings. The number of carbonyl (C=O) groups is 1. The van der Waals surface area contributed by atoms with Crippen LogP contribution >= 0.6 is 11.3 Å². The zero-order chi connectivity index (χ0) is 21.2. The van der Waals surface area contributed by atoms with Gasteiger partial charge in [0.05, 0.1) is 10.6 Å². The molecule has 0 saturated carbocycles. The maximum atomic E-state index is 12.5. The second-order valence-corrected chi connectivity index (χ2v) is 9.85. The fourth-order valence-electron chi connectivity index (χ4n) is 2.58. The molecular formula is C21H23N3O3S2. The second kappa shape index (κ2) is 8.44. The van der Waals surface area contributed by atoms with Crippen molar-refractivity contribution in [3.05, 3.63) is 65.0 Å². The molecule has 0 atom stereocenters. The average molecular weight is 430 g/mol. The Bertz CT molecular complexity index is 1100. The molecule has 0 aliphatic carbocycles. The van der Waals surface area contributed by atoms with Gasteiger partial charge in [-0.15, -0.1) is 11.3 Å². The fraction of sp³-hybridized carbons (Fsp3) is 0.238. The van der Waals surface area contributed by atoms with E-state index in [0.29, 0.717) is 10.7 Å². The molecule has 0 aliphatic rings. The molecule has 29 heavy (non-hydrogen) atoms. The van der Waals surface area contributed by atoms with Gasteiger partial charge in [-0.3, -0.25) is 10.1 Å². The Balaban J connectivity index is 1.73. The van der Waals surface area contributed by atoms with Crippen LogP contribution in [0.1, 0.15) is 29.8 Å². The molecule has 0 aliphatic heterocycles. The normalized spacial score (nSPS) is 11.8. The molecule has 1 amide bonds. The van der Waals surface area contributed by atoms with Crippen molar-refractivity contribution in [3.63, 3.8) is 0 Å². The van der Waals surface area contributed by atoms with Gasteiger partial charge in [-0.2, -0.15) is 4.31 Å². The van der Waals surface area contributed by atoms with Crippen LogP contribution in [-0.2, 0) is 10.0 Å². The van der Waals surface area contributed by atoms with Crippen LogP contribution < -0.4 is 5.32 Å². The van der Waals surface area contributed by atoms with E-state index in [9.17, 15) is 13.2 Å². The number of anilines is 1. The summed E-state index contributed by atoms with van der Waals surface area (Å²) >= 11 is 1.34. The predicted molar refractivity (Wildman–Crippen MR) is 117 cm³/mol. The topological polar surface area (TPSA) is 79.4 Å². The molecule has 1 aromatic heterocycles. The zero-order valence-corrected chi connectivity index (χ0v) is 18.3. The summed E-state index contributed by atoms with van der Waals surface area (Å²) in [7, 11) is -2.04. The summed E-state index contributed by atoms with van der Waals surface area (Å²) in [5, 5.41) is 5.14. The first-order chi connectivity index (χ1) is 13.7. The number of amides is 1. The lowest BCUT2D eigenvalue weighted by molar-refractivity contribution is 0.102. The monoisotopic (exact) mass is 429 g/mol. The second-order valence-electron chi connectivity index (χ2n) is 7.00. The number of hydrogen-bond acceptors (Lipinski definition) is 5. The predicted octanol–water partition coefficient (Wildman–Crippen LogP) is 4.40. The van der Waals surface area contributed by atoms with Crippen LogP contribution in [0.4, 0.5) is 5.13 Å². The van der Waals surface area contributed by atoms with Gasteiger partial charge in [-0.1, -0.05) is 29.8 Å². The summed E-state index contributed by atoms with van der Waals surface area (Å²) in [6.07, 6.45) is 0. The number of nitrogens with one attached hydrogen (secondary N) is 1. The van der Waals surface area contributed by atoms with Crippen molar-refractivity contribution >= 4 is 32.4 Å². The number of hydrogen-bond donors (Lipinski definition) is 1. The minimum atomic E-state index is -3.58. The van der Waals surface area contributed by atoms with Gasteiger partial charge < -0.3 is 0 Å². The Morgan fingerprint density at radius 3 is 2.28 bits per heavy atom. The van der Waals surface area contributed by atoms with Crippen molar-refractivity contribution in [2.24, 2.45) is 0 Å². The zero-order valence-electron chi connectivity index (χ0n) is 16.7. The van der Waals surface area contributed by atoms with E-state index in [0.717, 1.165) is 11.3 Å². The number of sulfonamides is 1. The Hall–Kier alpha value is -2.55. The van der Waals surface area contributed by atoms with Gasteiger partial charge in [0.25, 0.3) is 5.91 Å². The van der Waals surface area contributed by atoms with Crippen LogP contribution in [0.3, 0.4) is 0 Å². The molecule has 1 N–H and O–H groups in total. The van der Waals surface area contributed by atoms with E-state index in [1.807, 2.05) is 36.6 Å². The highest BCUT2D eigenvalue weighted by atomic mass is 32.2. The molecule has 0 radical (unpaired) electrons. The smallest absolute Gasteiger partial charge is 0.257 e. The molecule has 6 nitrogen and oxygen atoms in total. The molecule has 0 bridgehead atoms. The average Bonchev–Trinajstić information content (AvgIpc) is 3.16. The molecule has 3 rings (SSSR count). The summed E-state index contributed by atoms with van der Waals surface area (Å²) in [5.74, 6) is -0.337. The molecule has 152 valence electrons. The number of thiazole rings is 1. The van der Waals surface area contributed by atoms with Gasteiger partial charge >= 0.3 is 0 Å². The van der Waals surface area contributed by atoms with Gasteiger partial charge in [0.1, 0.15) is 0 Å². The first kappa shape index (κ1) is 21.2. The third-order valence-corrected chi connectivity index (χ3v) is 7.40. The minimum absolute atomic E-state index is 0.154.